The van der Waals surface area contributed by atoms with Gasteiger partial charge in [0.1, 0.15) is 23.1 Å². The van der Waals surface area contributed by atoms with Gasteiger partial charge in [0.05, 0.1) is 12.6 Å². The number of carbonyl (C=O) groups is 1. The Balaban J connectivity index is 1.44. The summed E-state index contributed by atoms with van der Waals surface area (Å²) in [4.78, 5) is 12.5. The van der Waals surface area contributed by atoms with Crippen molar-refractivity contribution in [1.82, 2.24) is 4.90 Å². The molecule has 2 atom stereocenters. The number of hydrogen-bond acceptors (Lipinski definition) is 3. The van der Waals surface area contributed by atoms with Gasteiger partial charge in [-0.2, -0.15) is 0 Å². The third-order valence-corrected chi connectivity index (χ3v) is 8.03. The van der Waals surface area contributed by atoms with Crippen LogP contribution in [0.4, 0.5) is 13.2 Å². The zero-order valence-electron chi connectivity index (χ0n) is 23.9. The monoisotopic (exact) mass is 557 g/mol. The van der Waals surface area contributed by atoms with E-state index in [2.05, 4.69) is 12.1 Å². The van der Waals surface area contributed by atoms with Crippen LogP contribution in [-0.2, 0) is 11.2 Å². The van der Waals surface area contributed by atoms with Crippen molar-refractivity contribution in [2.75, 3.05) is 13.2 Å². The molecule has 0 aromatic heterocycles. The summed E-state index contributed by atoms with van der Waals surface area (Å²) >= 11 is 0. The van der Waals surface area contributed by atoms with E-state index >= 15 is 8.78 Å². The molecule has 1 aliphatic heterocycles. The molecule has 2 aromatic carbocycles. The normalized spacial score (nSPS) is 19.1. The number of aliphatic carboxylic acids is 1. The van der Waals surface area contributed by atoms with Crippen LogP contribution < -0.4 is 4.74 Å². The Morgan fingerprint density at radius 2 is 1.65 bits per heavy atom. The minimum Gasteiger partial charge on any atom is -0.493 e. The van der Waals surface area contributed by atoms with Crippen LogP contribution in [-0.4, -0.2) is 40.8 Å². The van der Waals surface area contributed by atoms with E-state index in [1.807, 2.05) is 24.0 Å². The maximum absolute atomic E-state index is 15.7. The minimum atomic E-state index is -1.52. The Bertz CT molecular complexity index is 1200. The topological polar surface area (TPSA) is 49.8 Å². The van der Waals surface area contributed by atoms with Crippen molar-refractivity contribution >= 4 is 11.5 Å². The molecule has 0 bridgehead atoms. The first kappa shape index (κ1) is 30.2. The lowest BCUT2D eigenvalue weighted by Crippen LogP contribution is -2.47. The van der Waals surface area contributed by atoms with Gasteiger partial charge in [-0.05, 0) is 68.7 Å². The number of ether oxygens (including phenoxy) is 1. The van der Waals surface area contributed by atoms with E-state index in [0.29, 0.717) is 25.9 Å². The second kappa shape index (κ2) is 13.2. The van der Waals surface area contributed by atoms with Gasteiger partial charge in [-0.15, -0.1) is 0 Å². The summed E-state index contributed by atoms with van der Waals surface area (Å²) in [5.41, 5.74) is 2.80. The lowest BCUT2D eigenvalue weighted by atomic mass is 9.84. The number of benzene rings is 2. The largest absolute Gasteiger partial charge is 0.493 e. The van der Waals surface area contributed by atoms with Crippen molar-refractivity contribution in [1.29, 1.82) is 0 Å². The van der Waals surface area contributed by atoms with Gasteiger partial charge >= 0.3 is 5.97 Å². The van der Waals surface area contributed by atoms with Gasteiger partial charge < -0.3 is 9.84 Å². The number of halogens is 3. The predicted octanol–water partition coefficient (Wildman–Crippen LogP) is 8.44. The SMILES string of the molecule is C[C@@H]1CC2=C(Cc3ccccc32)[C@@H](c2c(F)cc(OCCCCCCCCCC(=O)O)cc2F)N1CC(C)(C)F. The van der Waals surface area contributed by atoms with Crippen molar-refractivity contribution in [2.24, 2.45) is 0 Å². The van der Waals surface area contributed by atoms with Crippen LogP contribution in [0.2, 0.25) is 0 Å². The standard InChI is InChI=1S/C33H42F3NO3/c1-22-17-26-25-14-11-10-13-23(25)18-27(26)32(37(22)21-33(2,3)36)31-28(34)19-24(20-29(31)35)40-16-12-8-6-4-5-7-9-15-30(38)39/h10-11,13-14,19-20,22,32H,4-9,12,15-18,21H2,1-3H3,(H,38,39)/t22-,32+/m1/s1. The predicted molar refractivity (Wildman–Crippen MR) is 152 cm³/mol. The fraction of sp³-hybridized carbons (Fsp3) is 0.545. The zero-order chi connectivity index (χ0) is 28.9. The summed E-state index contributed by atoms with van der Waals surface area (Å²) < 4.78 is 52.2. The summed E-state index contributed by atoms with van der Waals surface area (Å²) in [6.45, 7) is 5.46. The van der Waals surface area contributed by atoms with Crippen molar-refractivity contribution in [3.63, 3.8) is 0 Å². The molecule has 2 aliphatic rings. The van der Waals surface area contributed by atoms with E-state index in [9.17, 15) is 9.18 Å². The van der Waals surface area contributed by atoms with Crippen molar-refractivity contribution < 1.29 is 27.8 Å². The molecule has 1 N–H and O–H groups in total. The number of fused-ring (bicyclic) bond motifs is 2. The summed E-state index contributed by atoms with van der Waals surface area (Å²) in [5.74, 6) is -1.92. The van der Waals surface area contributed by atoms with Gasteiger partial charge in [-0.3, -0.25) is 9.69 Å². The first-order valence-electron chi connectivity index (χ1n) is 14.6. The highest BCUT2D eigenvalue weighted by Gasteiger charge is 2.42. The number of hydrogen-bond donors (Lipinski definition) is 1. The zero-order valence-corrected chi connectivity index (χ0v) is 23.9. The van der Waals surface area contributed by atoms with Gasteiger partial charge in [0.25, 0.3) is 0 Å². The highest BCUT2D eigenvalue weighted by molar-refractivity contribution is 5.79. The molecule has 0 fully saturated rings. The Hall–Kier alpha value is -2.80. The first-order chi connectivity index (χ1) is 19.0. The van der Waals surface area contributed by atoms with Gasteiger partial charge in [0.15, 0.2) is 0 Å². The Morgan fingerprint density at radius 1 is 1.02 bits per heavy atom. The van der Waals surface area contributed by atoms with E-state index < -0.39 is 29.3 Å². The van der Waals surface area contributed by atoms with Crippen LogP contribution in [0.15, 0.2) is 42.0 Å². The molecule has 218 valence electrons. The van der Waals surface area contributed by atoms with E-state index in [1.165, 1.54) is 26.0 Å². The molecule has 0 amide bonds. The average Bonchev–Trinajstić information content (AvgIpc) is 3.23. The molecule has 40 heavy (non-hydrogen) atoms. The fourth-order valence-corrected chi connectivity index (χ4v) is 6.20. The maximum Gasteiger partial charge on any atom is 0.303 e. The second-order valence-electron chi connectivity index (χ2n) is 12.0. The number of carboxylic acid groups (broad SMARTS) is 1. The molecule has 7 heteroatoms. The molecular weight excluding hydrogens is 515 g/mol. The van der Waals surface area contributed by atoms with Crippen LogP contribution in [0.5, 0.6) is 5.75 Å². The number of unbranched alkanes of at least 4 members (excludes halogenated alkanes) is 6. The number of rotatable bonds is 14. The van der Waals surface area contributed by atoms with Crippen LogP contribution in [0.1, 0.15) is 101 Å². The van der Waals surface area contributed by atoms with Gasteiger partial charge in [0, 0.05) is 36.7 Å². The summed E-state index contributed by atoms with van der Waals surface area (Å²) in [7, 11) is 0. The number of alkyl halides is 1. The summed E-state index contributed by atoms with van der Waals surface area (Å²) in [5, 5.41) is 8.68. The average molecular weight is 558 g/mol. The number of nitrogens with zero attached hydrogens (tertiary/aromatic N) is 1. The Morgan fingerprint density at radius 3 is 2.30 bits per heavy atom. The Labute approximate surface area is 236 Å². The van der Waals surface area contributed by atoms with Crippen molar-refractivity contribution in [3.8, 4) is 5.75 Å². The lowest BCUT2D eigenvalue weighted by molar-refractivity contribution is -0.137. The Kier molecular flexibility index (Phi) is 9.99. The highest BCUT2D eigenvalue weighted by atomic mass is 19.1. The second-order valence-corrected chi connectivity index (χ2v) is 12.0. The van der Waals surface area contributed by atoms with Crippen LogP contribution in [0, 0.1) is 11.6 Å². The minimum absolute atomic E-state index is 0.0358. The van der Waals surface area contributed by atoms with Crippen LogP contribution >= 0.6 is 0 Å². The molecule has 4 rings (SSSR count). The molecule has 1 aliphatic carbocycles. The van der Waals surface area contributed by atoms with Crippen molar-refractivity contribution in [3.05, 3.63) is 70.3 Å². The van der Waals surface area contributed by atoms with E-state index in [4.69, 9.17) is 9.84 Å². The molecule has 4 nitrogen and oxygen atoms in total. The van der Waals surface area contributed by atoms with Gasteiger partial charge in [-0.1, -0.05) is 56.4 Å². The quantitative estimate of drug-likeness (QED) is 0.237. The molecule has 0 radical (unpaired) electrons. The molecule has 0 saturated heterocycles. The van der Waals surface area contributed by atoms with Crippen molar-refractivity contribution in [2.45, 2.75) is 103 Å². The third-order valence-electron chi connectivity index (χ3n) is 8.03. The number of carboxylic acids is 1. The third kappa shape index (κ3) is 7.48. The summed E-state index contributed by atoms with van der Waals surface area (Å²) in [6, 6.07) is 9.85. The highest BCUT2D eigenvalue weighted by Crippen LogP contribution is 2.50. The van der Waals surface area contributed by atoms with E-state index in [1.54, 1.807) is 0 Å². The molecule has 0 spiro atoms. The molecule has 0 saturated carbocycles. The van der Waals surface area contributed by atoms with Crippen LogP contribution in [0.3, 0.4) is 0 Å². The van der Waals surface area contributed by atoms with Gasteiger partial charge in [0.2, 0.25) is 0 Å². The van der Waals surface area contributed by atoms with E-state index in [0.717, 1.165) is 60.8 Å². The maximum atomic E-state index is 15.7. The van der Waals surface area contributed by atoms with Gasteiger partial charge in [-0.25, -0.2) is 13.2 Å². The molecular formula is C33H42F3NO3. The first-order valence-corrected chi connectivity index (χ1v) is 14.6. The smallest absolute Gasteiger partial charge is 0.303 e. The van der Waals surface area contributed by atoms with E-state index in [-0.39, 0.29) is 30.3 Å². The summed E-state index contributed by atoms with van der Waals surface area (Å²) in [6.07, 6.45) is 7.92. The molecule has 2 aromatic rings. The molecule has 1 heterocycles. The molecule has 0 unspecified atom stereocenters. The lowest BCUT2D eigenvalue weighted by Gasteiger charge is -2.44. The van der Waals surface area contributed by atoms with Crippen LogP contribution in [0.25, 0.3) is 5.57 Å². The fourth-order valence-electron chi connectivity index (χ4n) is 6.20.